The number of nitrogens with zero attached hydrogens (tertiary/aromatic N) is 3. The van der Waals surface area contributed by atoms with Gasteiger partial charge in [0.05, 0.1) is 28.5 Å². The predicted octanol–water partition coefficient (Wildman–Crippen LogP) is 3.61. The van der Waals surface area contributed by atoms with Crippen molar-refractivity contribution in [1.82, 2.24) is 5.01 Å². The van der Waals surface area contributed by atoms with Crippen LogP contribution in [0.4, 0.5) is 5.69 Å². The Morgan fingerprint density at radius 1 is 1.09 bits per heavy atom. The van der Waals surface area contributed by atoms with Crippen LogP contribution in [0.1, 0.15) is 22.3 Å². The van der Waals surface area contributed by atoms with Crippen LogP contribution in [0.3, 0.4) is 0 Å². The number of amides is 2. The van der Waals surface area contributed by atoms with Gasteiger partial charge in [0, 0.05) is 22.7 Å². The molecule has 1 saturated carbocycles. The SMILES string of the molecule is O=C(Oc1ccc(Cl)cc1C=NN1C(=O)C2C3C=CC(C3)C2C1=O)c1ccc([N+](=O)[O-])cc1. The van der Waals surface area contributed by atoms with Crippen molar-refractivity contribution in [3.05, 3.63) is 80.9 Å². The topological polar surface area (TPSA) is 119 Å². The largest absolute Gasteiger partial charge is 0.422 e. The first kappa shape index (κ1) is 21.0. The van der Waals surface area contributed by atoms with E-state index in [2.05, 4.69) is 5.10 Å². The lowest BCUT2D eigenvalue weighted by Gasteiger charge is -2.13. The number of carbonyl (C=O) groups excluding carboxylic acids is 3. The molecule has 4 unspecified atom stereocenters. The third-order valence-electron chi connectivity index (χ3n) is 6.25. The number of nitro groups is 1. The summed E-state index contributed by atoms with van der Waals surface area (Å²) in [5.41, 5.74) is 0.245. The fraction of sp³-hybridized carbons (Fsp3) is 0.217. The van der Waals surface area contributed by atoms with Gasteiger partial charge >= 0.3 is 5.97 Å². The van der Waals surface area contributed by atoms with Crippen LogP contribution in [-0.2, 0) is 9.59 Å². The number of hydrogen-bond donors (Lipinski definition) is 0. The summed E-state index contributed by atoms with van der Waals surface area (Å²) < 4.78 is 5.42. The molecule has 1 saturated heterocycles. The van der Waals surface area contributed by atoms with Gasteiger partial charge in [-0.05, 0) is 48.6 Å². The molecule has 2 aliphatic carbocycles. The predicted molar refractivity (Wildman–Crippen MR) is 117 cm³/mol. The Balaban J connectivity index is 1.36. The van der Waals surface area contributed by atoms with Crippen molar-refractivity contribution >= 4 is 41.3 Å². The highest BCUT2D eigenvalue weighted by Gasteiger charge is 2.59. The quantitative estimate of drug-likeness (QED) is 0.126. The van der Waals surface area contributed by atoms with E-state index in [0.29, 0.717) is 5.02 Å². The maximum absolute atomic E-state index is 12.8. The minimum atomic E-state index is -0.743. The van der Waals surface area contributed by atoms with Gasteiger partial charge in [0.25, 0.3) is 17.5 Å². The van der Waals surface area contributed by atoms with Crippen LogP contribution in [0.15, 0.2) is 59.7 Å². The molecule has 0 spiro atoms. The number of halogens is 1. The number of allylic oxidation sites excluding steroid dienone is 2. The number of imide groups is 1. The average molecular weight is 466 g/mol. The van der Waals surface area contributed by atoms with Gasteiger partial charge in [0.1, 0.15) is 5.75 Å². The third kappa shape index (κ3) is 3.60. The summed E-state index contributed by atoms with van der Waals surface area (Å²) in [6, 6.07) is 9.42. The van der Waals surface area contributed by atoms with E-state index in [0.717, 1.165) is 11.4 Å². The number of hydrazone groups is 1. The van der Waals surface area contributed by atoms with Crippen molar-refractivity contribution in [2.75, 3.05) is 0 Å². The Bertz CT molecular complexity index is 1230. The van der Waals surface area contributed by atoms with Crippen molar-refractivity contribution in [3.63, 3.8) is 0 Å². The maximum Gasteiger partial charge on any atom is 0.343 e. The van der Waals surface area contributed by atoms with Crippen LogP contribution in [0.5, 0.6) is 5.75 Å². The highest BCUT2D eigenvalue weighted by molar-refractivity contribution is 6.31. The summed E-state index contributed by atoms with van der Waals surface area (Å²) in [6.07, 6.45) is 6.08. The van der Waals surface area contributed by atoms with E-state index in [1.165, 1.54) is 48.7 Å². The molecule has 1 aliphatic heterocycles. The lowest BCUT2D eigenvalue weighted by Crippen LogP contribution is -2.28. The van der Waals surface area contributed by atoms with Crippen LogP contribution >= 0.6 is 11.6 Å². The van der Waals surface area contributed by atoms with Gasteiger partial charge in [0.2, 0.25) is 0 Å². The first-order valence-corrected chi connectivity index (χ1v) is 10.6. The molecule has 2 fully saturated rings. The van der Waals surface area contributed by atoms with E-state index in [1.54, 1.807) is 0 Å². The molecule has 0 aromatic heterocycles. The van der Waals surface area contributed by atoms with Crippen LogP contribution < -0.4 is 4.74 Å². The van der Waals surface area contributed by atoms with Crippen molar-refractivity contribution in [2.24, 2.45) is 28.8 Å². The number of ether oxygens (including phenoxy) is 1. The number of esters is 1. The molecular formula is C23H16ClN3O6. The summed E-state index contributed by atoms with van der Waals surface area (Å²) in [5.74, 6) is -1.90. The zero-order valence-electron chi connectivity index (χ0n) is 17.0. The zero-order valence-corrected chi connectivity index (χ0v) is 17.7. The van der Waals surface area contributed by atoms with E-state index >= 15 is 0 Å². The average Bonchev–Trinajstić information content (AvgIpc) is 3.48. The molecular weight excluding hydrogens is 450 g/mol. The van der Waals surface area contributed by atoms with E-state index in [1.807, 2.05) is 12.2 Å². The number of fused-ring (bicyclic) bond motifs is 5. The van der Waals surface area contributed by atoms with E-state index < -0.39 is 10.9 Å². The molecule has 33 heavy (non-hydrogen) atoms. The minimum Gasteiger partial charge on any atom is -0.422 e. The smallest absolute Gasteiger partial charge is 0.343 e. The first-order chi connectivity index (χ1) is 15.8. The van der Waals surface area contributed by atoms with Crippen LogP contribution in [0.25, 0.3) is 0 Å². The minimum absolute atomic E-state index is 0.0704. The standard InChI is InChI=1S/C23H16ClN3O6/c24-16-5-8-18(33-23(30)12-3-6-17(7-4-12)27(31)32)15(10-16)11-25-26-21(28)19-13-1-2-14(9-13)20(19)22(26)29/h1-8,10-11,13-14,19-20H,9H2. The van der Waals surface area contributed by atoms with Gasteiger partial charge in [-0.2, -0.15) is 10.1 Å². The second-order valence-corrected chi connectivity index (χ2v) is 8.54. The van der Waals surface area contributed by atoms with E-state index in [-0.39, 0.29) is 58.0 Å². The van der Waals surface area contributed by atoms with Gasteiger partial charge in [-0.15, -0.1) is 0 Å². The van der Waals surface area contributed by atoms with Gasteiger partial charge in [-0.3, -0.25) is 19.7 Å². The number of benzene rings is 2. The monoisotopic (exact) mass is 465 g/mol. The highest BCUT2D eigenvalue weighted by atomic mass is 35.5. The summed E-state index contributed by atoms with van der Waals surface area (Å²) in [5, 5.41) is 16.1. The number of hydrogen-bond acceptors (Lipinski definition) is 7. The van der Waals surface area contributed by atoms with Crippen LogP contribution in [-0.4, -0.2) is 33.9 Å². The number of carbonyl (C=O) groups is 3. The number of non-ortho nitro benzene ring substituents is 1. The van der Waals surface area contributed by atoms with Crippen molar-refractivity contribution < 1.29 is 24.0 Å². The number of nitro benzene ring substituents is 1. The molecule has 1 heterocycles. The second kappa shape index (κ2) is 7.93. The molecule has 0 N–H and O–H groups in total. The van der Waals surface area contributed by atoms with Crippen LogP contribution in [0.2, 0.25) is 5.02 Å². The molecule has 2 amide bonds. The molecule has 2 bridgehead atoms. The highest BCUT2D eigenvalue weighted by Crippen LogP contribution is 2.52. The molecule has 166 valence electrons. The summed E-state index contributed by atoms with van der Waals surface area (Å²) >= 11 is 6.07. The normalized spacial score (nSPS) is 25.2. The van der Waals surface area contributed by atoms with E-state index in [4.69, 9.17) is 16.3 Å². The fourth-order valence-electron chi connectivity index (χ4n) is 4.71. The molecule has 4 atom stereocenters. The molecule has 5 rings (SSSR count). The van der Waals surface area contributed by atoms with Gasteiger partial charge in [-0.1, -0.05) is 23.8 Å². The Labute approximate surface area is 192 Å². The van der Waals surface area contributed by atoms with Crippen LogP contribution in [0, 0.1) is 33.8 Å². The summed E-state index contributed by atoms with van der Waals surface area (Å²) in [6.45, 7) is 0. The summed E-state index contributed by atoms with van der Waals surface area (Å²) in [7, 11) is 0. The van der Waals surface area contributed by atoms with Crippen molar-refractivity contribution in [2.45, 2.75) is 6.42 Å². The Kier molecular flexibility index (Phi) is 5.05. The number of rotatable bonds is 5. The Hall–Kier alpha value is -3.85. The fourth-order valence-corrected chi connectivity index (χ4v) is 4.89. The zero-order chi connectivity index (χ0) is 23.3. The lowest BCUT2D eigenvalue weighted by molar-refractivity contribution is -0.384. The molecule has 2 aromatic rings. The maximum atomic E-state index is 12.8. The third-order valence-corrected chi connectivity index (χ3v) is 6.48. The first-order valence-electron chi connectivity index (χ1n) is 10.2. The summed E-state index contributed by atoms with van der Waals surface area (Å²) in [4.78, 5) is 48.3. The van der Waals surface area contributed by atoms with Gasteiger partial charge in [-0.25, -0.2) is 4.79 Å². The van der Waals surface area contributed by atoms with Gasteiger partial charge in [0.15, 0.2) is 0 Å². The Morgan fingerprint density at radius 2 is 1.73 bits per heavy atom. The molecule has 10 heteroatoms. The lowest BCUT2D eigenvalue weighted by atomic mass is 9.85. The second-order valence-electron chi connectivity index (χ2n) is 8.11. The van der Waals surface area contributed by atoms with Crippen molar-refractivity contribution in [1.29, 1.82) is 0 Å². The van der Waals surface area contributed by atoms with Gasteiger partial charge < -0.3 is 4.74 Å². The molecule has 2 aromatic carbocycles. The van der Waals surface area contributed by atoms with Crippen molar-refractivity contribution in [3.8, 4) is 5.75 Å². The molecule has 0 radical (unpaired) electrons. The van der Waals surface area contributed by atoms with E-state index in [9.17, 15) is 24.5 Å². The molecule has 9 nitrogen and oxygen atoms in total. The molecule has 3 aliphatic rings. The Morgan fingerprint density at radius 3 is 2.33 bits per heavy atom.